The van der Waals surface area contributed by atoms with Crippen molar-refractivity contribution in [2.24, 2.45) is 17.8 Å². The second-order valence-corrected chi connectivity index (χ2v) is 6.16. The van der Waals surface area contributed by atoms with E-state index in [1.165, 1.54) is 9.80 Å². The van der Waals surface area contributed by atoms with E-state index in [0.717, 1.165) is 0 Å². The molecule has 0 aromatic heterocycles. The highest BCUT2D eigenvalue weighted by atomic mass is 16.4. The molecule has 0 aliphatic carbocycles. The number of carboxylic acid groups (broad SMARTS) is 1. The number of aliphatic carboxylic acids is 1. The highest BCUT2D eigenvalue weighted by Gasteiger charge is 2.38. The number of nitrogens with one attached hydrogen (secondary N) is 1. The van der Waals surface area contributed by atoms with E-state index in [1.807, 2.05) is 20.8 Å². The average Bonchev–Trinajstić information content (AvgIpc) is 2.77. The van der Waals surface area contributed by atoms with Crippen LogP contribution in [0.3, 0.4) is 0 Å². The van der Waals surface area contributed by atoms with Gasteiger partial charge in [-0.05, 0) is 11.8 Å². The van der Waals surface area contributed by atoms with Crippen molar-refractivity contribution in [1.82, 2.24) is 15.1 Å². The Balaban J connectivity index is 2.48. The summed E-state index contributed by atoms with van der Waals surface area (Å²) in [5.41, 5.74) is 0. The second-order valence-electron chi connectivity index (χ2n) is 6.16. The maximum Gasteiger partial charge on any atom is 0.320 e. The van der Waals surface area contributed by atoms with Crippen LogP contribution in [0.15, 0.2) is 0 Å². The molecule has 0 aromatic carbocycles. The number of amides is 3. The first-order valence-corrected chi connectivity index (χ1v) is 7.22. The smallest absolute Gasteiger partial charge is 0.320 e. The molecular weight excluding hydrogens is 274 g/mol. The van der Waals surface area contributed by atoms with Gasteiger partial charge in [0.1, 0.15) is 6.54 Å². The van der Waals surface area contributed by atoms with Crippen LogP contribution in [0.2, 0.25) is 0 Å². The fraction of sp³-hybridized carbons (Fsp3) is 0.786. The third-order valence-corrected chi connectivity index (χ3v) is 3.61. The Morgan fingerprint density at radius 1 is 1.33 bits per heavy atom. The number of likely N-dealkylation sites (N-methyl/N-ethyl adjacent to an activating group) is 1. The van der Waals surface area contributed by atoms with Gasteiger partial charge >= 0.3 is 12.0 Å². The van der Waals surface area contributed by atoms with E-state index in [9.17, 15) is 14.4 Å². The molecule has 0 unspecified atom stereocenters. The summed E-state index contributed by atoms with van der Waals surface area (Å²) in [6.45, 7) is 6.97. The van der Waals surface area contributed by atoms with Crippen molar-refractivity contribution >= 4 is 17.9 Å². The predicted octanol–water partition coefficient (Wildman–Crippen LogP) is 0.463. The summed E-state index contributed by atoms with van der Waals surface area (Å²) >= 11 is 0. The molecule has 7 nitrogen and oxygen atoms in total. The monoisotopic (exact) mass is 299 g/mol. The normalized spacial score (nSPS) is 21.5. The molecule has 0 saturated carbocycles. The molecule has 0 radical (unpaired) electrons. The quantitative estimate of drug-likeness (QED) is 0.772. The molecule has 1 saturated heterocycles. The summed E-state index contributed by atoms with van der Waals surface area (Å²) in [5, 5.41) is 11.8. The van der Waals surface area contributed by atoms with Crippen molar-refractivity contribution in [1.29, 1.82) is 0 Å². The maximum atomic E-state index is 12.2. The van der Waals surface area contributed by atoms with Gasteiger partial charge in [0.15, 0.2) is 0 Å². The zero-order chi connectivity index (χ0) is 16.2. The van der Waals surface area contributed by atoms with Crippen LogP contribution in [0.4, 0.5) is 4.79 Å². The van der Waals surface area contributed by atoms with Gasteiger partial charge in [-0.3, -0.25) is 9.59 Å². The van der Waals surface area contributed by atoms with Gasteiger partial charge in [-0.15, -0.1) is 0 Å². The summed E-state index contributed by atoms with van der Waals surface area (Å²) in [4.78, 5) is 37.8. The van der Waals surface area contributed by atoms with E-state index in [4.69, 9.17) is 5.11 Å². The Morgan fingerprint density at radius 3 is 2.43 bits per heavy atom. The topological polar surface area (TPSA) is 90.0 Å². The number of rotatable bonds is 5. The molecule has 1 aliphatic rings. The minimum Gasteiger partial charge on any atom is -0.481 e. The fourth-order valence-electron chi connectivity index (χ4n) is 2.34. The maximum absolute atomic E-state index is 12.2. The molecule has 1 heterocycles. The van der Waals surface area contributed by atoms with Gasteiger partial charge in [-0.2, -0.15) is 0 Å². The summed E-state index contributed by atoms with van der Waals surface area (Å²) in [5.74, 6) is -1.34. The Labute approximate surface area is 125 Å². The largest absolute Gasteiger partial charge is 0.481 e. The van der Waals surface area contributed by atoms with E-state index < -0.39 is 11.9 Å². The summed E-state index contributed by atoms with van der Waals surface area (Å²) in [6, 6.07) is -0.301. The van der Waals surface area contributed by atoms with E-state index in [0.29, 0.717) is 19.0 Å². The lowest BCUT2D eigenvalue weighted by Crippen LogP contribution is -2.45. The first kappa shape index (κ1) is 17.3. The third kappa shape index (κ3) is 4.91. The van der Waals surface area contributed by atoms with Gasteiger partial charge in [0.2, 0.25) is 5.91 Å². The zero-order valence-electron chi connectivity index (χ0n) is 13.1. The molecule has 0 spiro atoms. The zero-order valence-corrected chi connectivity index (χ0v) is 13.1. The first-order chi connectivity index (χ1) is 9.72. The number of carbonyl (C=O) groups is 3. The van der Waals surface area contributed by atoms with Crippen molar-refractivity contribution in [3.05, 3.63) is 0 Å². The van der Waals surface area contributed by atoms with Gasteiger partial charge in [0, 0.05) is 26.7 Å². The molecule has 7 heteroatoms. The lowest BCUT2D eigenvalue weighted by Gasteiger charge is -2.24. The molecule has 0 aromatic rings. The Bertz CT molecular complexity index is 411. The molecule has 1 rings (SSSR count). The van der Waals surface area contributed by atoms with E-state index >= 15 is 0 Å². The van der Waals surface area contributed by atoms with Gasteiger partial charge in [-0.1, -0.05) is 20.8 Å². The lowest BCUT2D eigenvalue weighted by molar-refractivity contribution is -0.142. The van der Waals surface area contributed by atoms with Crippen LogP contribution in [0.25, 0.3) is 0 Å². The molecule has 21 heavy (non-hydrogen) atoms. The summed E-state index contributed by atoms with van der Waals surface area (Å²) in [7, 11) is 1.55. The first-order valence-electron chi connectivity index (χ1n) is 7.22. The number of hydrogen-bond donors (Lipinski definition) is 2. The molecule has 2 atom stereocenters. The van der Waals surface area contributed by atoms with Crippen molar-refractivity contribution < 1.29 is 19.5 Å². The number of urea groups is 1. The van der Waals surface area contributed by atoms with Gasteiger partial charge in [0.25, 0.3) is 0 Å². The molecule has 120 valence electrons. The van der Waals surface area contributed by atoms with Crippen LogP contribution in [0.5, 0.6) is 0 Å². The van der Waals surface area contributed by atoms with Gasteiger partial charge in [0.05, 0.1) is 5.92 Å². The van der Waals surface area contributed by atoms with E-state index in [-0.39, 0.29) is 30.9 Å². The highest BCUT2D eigenvalue weighted by Crippen LogP contribution is 2.23. The Hall–Kier alpha value is -1.79. The molecule has 3 amide bonds. The fourth-order valence-corrected chi connectivity index (χ4v) is 2.34. The SMILES string of the molecule is CC(C)CNC(=O)CN(C)C(=O)N1C[C@@H](C)[C@H](C(=O)O)C1. The molecular formula is C14H25N3O4. The van der Waals surface area contributed by atoms with E-state index in [1.54, 1.807) is 7.05 Å². The third-order valence-electron chi connectivity index (χ3n) is 3.61. The molecule has 2 N–H and O–H groups in total. The van der Waals surface area contributed by atoms with E-state index in [2.05, 4.69) is 5.32 Å². The minimum absolute atomic E-state index is 0.0197. The number of carbonyl (C=O) groups excluding carboxylic acids is 2. The number of hydrogen-bond acceptors (Lipinski definition) is 3. The van der Waals surface area contributed by atoms with Crippen LogP contribution < -0.4 is 5.32 Å². The summed E-state index contributed by atoms with van der Waals surface area (Å²) < 4.78 is 0. The summed E-state index contributed by atoms with van der Waals surface area (Å²) in [6.07, 6.45) is 0. The molecule has 0 bridgehead atoms. The number of likely N-dealkylation sites (tertiary alicyclic amines) is 1. The van der Waals surface area contributed by atoms with Crippen molar-refractivity contribution in [3.8, 4) is 0 Å². The minimum atomic E-state index is -0.880. The molecule has 1 fully saturated rings. The standard InChI is InChI=1S/C14H25N3O4/c1-9(2)5-15-12(18)8-16(4)14(21)17-6-10(3)11(7-17)13(19)20/h9-11H,5-8H2,1-4H3,(H,15,18)(H,19,20)/t10-,11-/m1/s1. The predicted molar refractivity (Wildman–Crippen MR) is 77.7 cm³/mol. The number of carboxylic acids is 1. The second kappa shape index (κ2) is 7.28. The molecule has 1 aliphatic heterocycles. The average molecular weight is 299 g/mol. The number of nitrogens with zero attached hydrogens (tertiary/aromatic N) is 2. The van der Waals surface area contributed by atoms with Crippen LogP contribution in [0, 0.1) is 17.8 Å². The lowest BCUT2D eigenvalue weighted by atomic mass is 9.99. The Kier molecular flexibility index (Phi) is 5.99. The van der Waals surface area contributed by atoms with Crippen molar-refractivity contribution in [3.63, 3.8) is 0 Å². The van der Waals surface area contributed by atoms with Crippen molar-refractivity contribution in [2.45, 2.75) is 20.8 Å². The van der Waals surface area contributed by atoms with Crippen LogP contribution in [0.1, 0.15) is 20.8 Å². The van der Waals surface area contributed by atoms with Crippen LogP contribution in [-0.4, -0.2) is 66.0 Å². The van der Waals surface area contributed by atoms with Gasteiger partial charge in [-0.25, -0.2) is 4.79 Å². The van der Waals surface area contributed by atoms with Crippen molar-refractivity contribution in [2.75, 3.05) is 33.2 Å². The highest BCUT2D eigenvalue weighted by molar-refractivity contribution is 5.84. The van der Waals surface area contributed by atoms with Crippen LogP contribution >= 0.6 is 0 Å². The van der Waals surface area contributed by atoms with Gasteiger partial charge < -0.3 is 20.2 Å². The Morgan fingerprint density at radius 2 is 1.95 bits per heavy atom. The van der Waals surface area contributed by atoms with Crippen LogP contribution in [-0.2, 0) is 9.59 Å².